The number of alkyl halides is 3. The van der Waals surface area contributed by atoms with Gasteiger partial charge in [-0.05, 0) is 45.2 Å². The number of hydrogen-bond donors (Lipinski definition) is 2. The van der Waals surface area contributed by atoms with Gasteiger partial charge in [0.1, 0.15) is 17.7 Å². The van der Waals surface area contributed by atoms with E-state index in [0.29, 0.717) is 48.9 Å². The number of halogens is 3. The number of pyridine rings is 1. The summed E-state index contributed by atoms with van der Waals surface area (Å²) < 4.78 is 51.9. The van der Waals surface area contributed by atoms with E-state index in [1.54, 1.807) is 27.3 Å². The lowest BCUT2D eigenvalue weighted by Gasteiger charge is -2.27. The van der Waals surface area contributed by atoms with Crippen molar-refractivity contribution >= 4 is 22.8 Å². The molecule has 1 saturated carbocycles. The van der Waals surface area contributed by atoms with Crippen molar-refractivity contribution in [2.75, 3.05) is 37.0 Å². The average molecular weight is 536 g/mol. The van der Waals surface area contributed by atoms with E-state index in [0.717, 1.165) is 25.1 Å². The van der Waals surface area contributed by atoms with Crippen LogP contribution in [0.5, 0.6) is 0 Å². The van der Waals surface area contributed by atoms with E-state index in [1.807, 2.05) is 9.47 Å². The summed E-state index contributed by atoms with van der Waals surface area (Å²) in [6.07, 6.45) is 1.81. The van der Waals surface area contributed by atoms with Gasteiger partial charge in [-0.2, -0.15) is 13.2 Å². The van der Waals surface area contributed by atoms with Gasteiger partial charge in [0.25, 0.3) is 0 Å². The minimum atomic E-state index is -4.41. The normalized spacial score (nSPS) is 24.4. The van der Waals surface area contributed by atoms with Crippen LogP contribution in [0.15, 0.2) is 31.0 Å². The van der Waals surface area contributed by atoms with Gasteiger partial charge in [0.15, 0.2) is 17.3 Å². The van der Waals surface area contributed by atoms with Gasteiger partial charge in [0.05, 0.1) is 24.6 Å². The molecular formula is C25H32F3N7O3. The third-order valence-electron chi connectivity index (χ3n) is 7.11. The van der Waals surface area contributed by atoms with Crippen LogP contribution in [-0.4, -0.2) is 74.3 Å². The summed E-state index contributed by atoms with van der Waals surface area (Å²) in [4.78, 5) is 19.5. The minimum absolute atomic E-state index is 0.0180. The van der Waals surface area contributed by atoms with Crippen molar-refractivity contribution in [3.05, 3.63) is 36.5 Å². The van der Waals surface area contributed by atoms with Crippen LogP contribution in [-0.2, 0) is 15.7 Å². The first kappa shape index (κ1) is 26.6. The zero-order valence-corrected chi connectivity index (χ0v) is 21.5. The molecule has 3 unspecified atom stereocenters. The average Bonchev–Trinajstić information content (AvgIpc) is 3.57. The molecule has 4 atom stereocenters. The van der Waals surface area contributed by atoms with Gasteiger partial charge < -0.3 is 29.4 Å². The maximum atomic E-state index is 12.9. The molecule has 0 amide bonds. The highest BCUT2D eigenvalue weighted by atomic mass is 19.4. The zero-order valence-electron chi connectivity index (χ0n) is 21.5. The number of anilines is 2. The fourth-order valence-corrected chi connectivity index (χ4v) is 5.43. The summed E-state index contributed by atoms with van der Waals surface area (Å²) >= 11 is 0. The number of aliphatic hydroxyl groups is 1. The fraction of sp³-hybridized carbons (Fsp3) is 0.600. The second-order valence-corrected chi connectivity index (χ2v) is 10.5. The van der Waals surface area contributed by atoms with E-state index in [2.05, 4.69) is 25.3 Å². The third kappa shape index (κ3) is 5.69. The van der Waals surface area contributed by atoms with Crippen molar-refractivity contribution in [3.63, 3.8) is 0 Å². The molecule has 3 aromatic rings. The van der Waals surface area contributed by atoms with Crippen molar-refractivity contribution in [1.82, 2.24) is 24.5 Å². The van der Waals surface area contributed by atoms with Crippen LogP contribution in [0.1, 0.15) is 44.7 Å². The number of nitrogens with zero attached hydrogens (tertiary/aromatic N) is 6. The molecule has 4 heterocycles. The van der Waals surface area contributed by atoms with Crippen LogP contribution >= 0.6 is 0 Å². The number of aromatic nitrogens is 5. The Morgan fingerprint density at radius 2 is 1.95 bits per heavy atom. The summed E-state index contributed by atoms with van der Waals surface area (Å²) in [5.74, 6) is -0.00487. The molecule has 1 aliphatic carbocycles. The first-order chi connectivity index (χ1) is 18.0. The lowest BCUT2D eigenvalue weighted by atomic mass is 10.1. The first-order valence-electron chi connectivity index (χ1n) is 12.6. The van der Waals surface area contributed by atoms with E-state index in [-0.39, 0.29) is 24.1 Å². The second kappa shape index (κ2) is 10.3. The van der Waals surface area contributed by atoms with Gasteiger partial charge >= 0.3 is 6.18 Å². The van der Waals surface area contributed by atoms with Crippen molar-refractivity contribution in [3.8, 4) is 0 Å². The Morgan fingerprint density at radius 1 is 1.13 bits per heavy atom. The first-order valence-corrected chi connectivity index (χ1v) is 12.6. The Kier molecular flexibility index (Phi) is 7.18. The number of fused-ring (bicyclic) bond motifs is 1. The molecule has 10 nitrogen and oxygen atoms in total. The van der Waals surface area contributed by atoms with Gasteiger partial charge in [-0.1, -0.05) is 0 Å². The summed E-state index contributed by atoms with van der Waals surface area (Å²) in [6, 6.07) is 2.55. The lowest BCUT2D eigenvalue weighted by Crippen LogP contribution is -2.33. The molecule has 206 valence electrons. The summed E-state index contributed by atoms with van der Waals surface area (Å²) in [7, 11) is 1.66. The van der Waals surface area contributed by atoms with Crippen molar-refractivity contribution in [1.29, 1.82) is 0 Å². The lowest BCUT2D eigenvalue weighted by molar-refractivity contribution is -0.215. The standard InChI is InChI=1S/C25H32F3N7O3/c1-24(2,36)38-19-9-18(8-15(19)12-37-3)35-14-32-21-22(30-13-31-23(21)35)33-17-6-7-34(11-17)20-5-4-16(10-29-20)25(26,27)28/h4-5,10,13-15,17-19,36H,6-9,11-12H2,1-3H3,(H,30,31,33)/t15?,17?,18?,19-/m0/s1. The fourth-order valence-electron chi connectivity index (χ4n) is 5.43. The molecule has 5 rings (SSSR count). The van der Waals surface area contributed by atoms with Gasteiger partial charge in [0.2, 0.25) is 0 Å². The number of methoxy groups -OCH3 is 1. The molecule has 3 aromatic heterocycles. The van der Waals surface area contributed by atoms with Crippen LogP contribution < -0.4 is 10.2 Å². The number of hydrogen-bond acceptors (Lipinski definition) is 9. The van der Waals surface area contributed by atoms with Crippen LogP contribution in [0.3, 0.4) is 0 Å². The van der Waals surface area contributed by atoms with Crippen LogP contribution in [0, 0.1) is 5.92 Å². The highest BCUT2D eigenvalue weighted by Gasteiger charge is 2.39. The predicted octanol–water partition coefficient (Wildman–Crippen LogP) is 3.64. The number of ether oxygens (including phenoxy) is 2. The monoisotopic (exact) mass is 535 g/mol. The summed E-state index contributed by atoms with van der Waals surface area (Å²) in [5, 5.41) is 13.6. The molecule has 2 aliphatic rings. The molecule has 13 heteroatoms. The Balaban J connectivity index is 1.28. The second-order valence-electron chi connectivity index (χ2n) is 10.5. The van der Waals surface area contributed by atoms with Crippen molar-refractivity contribution in [2.45, 2.75) is 63.3 Å². The van der Waals surface area contributed by atoms with E-state index < -0.39 is 17.5 Å². The SMILES string of the molecule is COCC1CC(n2cnc3c(NC4CCN(c5ccc(C(F)(F)F)cn5)C4)ncnc32)C[C@@H]1OC(C)(C)O. The highest BCUT2D eigenvalue weighted by Crippen LogP contribution is 2.40. The Morgan fingerprint density at radius 3 is 2.63 bits per heavy atom. The molecule has 2 N–H and O–H groups in total. The number of rotatable bonds is 8. The smallest absolute Gasteiger partial charge is 0.384 e. The molecule has 0 radical (unpaired) electrons. The quantitative estimate of drug-likeness (QED) is 0.418. The van der Waals surface area contributed by atoms with Crippen LogP contribution in [0.2, 0.25) is 0 Å². The zero-order chi connectivity index (χ0) is 27.1. The maximum Gasteiger partial charge on any atom is 0.417 e. The highest BCUT2D eigenvalue weighted by molar-refractivity contribution is 5.83. The molecule has 2 fully saturated rings. The predicted molar refractivity (Wildman–Crippen MR) is 134 cm³/mol. The Labute approximate surface area is 218 Å². The Hall–Kier alpha value is -3.03. The number of imidazole rings is 1. The molecule has 0 aromatic carbocycles. The van der Waals surface area contributed by atoms with Crippen molar-refractivity contribution < 1.29 is 27.8 Å². The Bertz CT molecular complexity index is 1250. The number of nitrogens with one attached hydrogen (secondary N) is 1. The summed E-state index contributed by atoms with van der Waals surface area (Å²) in [6.45, 7) is 5.00. The van der Waals surface area contributed by atoms with Gasteiger partial charge in [-0.25, -0.2) is 19.9 Å². The van der Waals surface area contributed by atoms with Crippen LogP contribution in [0.4, 0.5) is 24.8 Å². The van der Waals surface area contributed by atoms with E-state index in [9.17, 15) is 18.3 Å². The maximum absolute atomic E-state index is 12.9. The molecule has 1 aliphatic heterocycles. The van der Waals surface area contributed by atoms with Crippen LogP contribution in [0.25, 0.3) is 11.2 Å². The largest absolute Gasteiger partial charge is 0.417 e. The van der Waals surface area contributed by atoms with Gasteiger partial charge in [-0.3, -0.25) is 0 Å². The summed E-state index contributed by atoms with van der Waals surface area (Å²) in [5.41, 5.74) is 0.587. The molecule has 0 bridgehead atoms. The van der Waals surface area contributed by atoms with E-state index in [1.165, 1.54) is 12.4 Å². The third-order valence-corrected chi connectivity index (χ3v) is 7.11. The minimum Gasteiger partial charge on any atom is -0.384 e. The van der Waals surface area contributed by atoms with E-state index in [4.69, 9.17) is 9.47 Å². The van der Waals surface area contributed by atoms with Gasteiger partial charge in [-0.15, -0.1) is 0 Å². The topological polar surface area (TPSA) is 110 Å². The van der Waals surface area contributed by atoms with E-state index >= 15 is 0 Å². The molecule has 38 heavy (non-hydrogen) atoms. The van der Waals surface area contributed by atoms with Gasteiger partial charge in [0, 0.05) is 44.4 Å². The van der Waals surface area contributed by atoms with Crippen molar-refractivity contribution in [2.24, 2.45) is 5.92 Å². The molecule has 1 saturated heterocycles. The molecule has 0 spiro atoms. The molecular weight excluding hydrogens is 503 g/mol.